The van der Waals surface area contributed by atoms with Crippen LogP contribution in [0.4, 0.5) is 4.39 Å². The molecule has 2 N–H and O–H groups in total. The first-order valence-electron chi connectivity index (χ1n) is 6.77. The van der Waals surface area contributed by atoms with Gasteiger partial charge >= 0.3 is 0 Å². The largest absolute Gasteiger partial charge is 0.507 e. The SMILES string of the molecule is O=C1N[C@@H](c2ccccc2F)C(=C(O)c2ccc(Cl)cc2)C1=O. The van der Waals surface area contributed by atoms with Gasteiger partial charge in [-0.05, 0) is 30.3 Å². The van der Waals surface area contributed by atoms with E-state index in [4.69, 9.17) is 11.6 Å². The second kappa shape index (κ2) is 5.85. The Bertz CT molecular complexity index is 830. The molecule has 0 bridgehead atoms. The van der Waals surface area contributed by atoms with E-state index in [1.165, 1.54) is 30.3 Å². The molecule has 0 spiro atoms. The highest BCUT2D eigenvalue weighted by Gasteiger charge is 2.40. The summed E-state index contributed by atoms with van der Waals surface area (Å²) in [7, 11) is 0. The highest BCUT2D eigenvalue weighted by Crippen LogP contribution is 2.34. The maximum absolute atomic E-state index is 14.0. The number of aliphatic hydroxyl groups is 1. The first kappa shape index (κ1) is 15.2. The number of benzene rings is 2. The minimum Gasteiger partial charge on any atom is -0.507 e. The zero-order valence-corrected chi connectivity index (χ0v) is 12.5. The summed E-state index contributed by atoms with van der Waals surface area (Å²) in [6.45, 7) is 0. The molecule has 1 aliphatic heterocycles. The van der Waals surface area contributed by atoms with Crippen molar-refractivity contribution in [3.8, 4) is 0 Å². The summed E-state index contributed by atoms with van der Waals surface area (Å²) < 4.78 is 14.0. The molecule has 6 heteroatoms. The Morgan fingerprint density at radius 1 is 1.09 bits per heavy atom. The van der Waals surface area contributed by atoms with Crippen LogP contribution in [0.2, 0.25) is 5.02 Å². The van der Waals surface area contributed by atoms with Gasteiger partial charge in [0, 0.05) is 16.1 Å². The average molecular weight is 332 g/mol. The van der Waals surface area contributed by atoms with Crippen LogP contribution in [0.1, 0.15) is 17.2 Å². The third-order valence-corrected chi connectivity index (χ3v) is 3.86. The quantitative estimate of drug-likeness (QED) is 0.504. The second-order valence-corrected chi connectivity index (χ2v) is 5.46. The summed E-state index contributed by atoms with van der Waals surface area (Å²) in [5.74, 6) is -2.72. The fourth-order valence-corrected chi connectivity index (χ4v) is 2.60. The number of nitrogens with one attached hydrogen (secondary N) is 1. The standard InChI is InChI=1S/C17H11ClFNO3/c18-10-7-5-9(6-8-10)15(21)13-14(20-17(23)16(13)22)11-3-1-2-4-12(11)19/h1-8,14,21H,(H,20,23)/t14-/m0/s1. The van der Waals surface area contributed by atoms with E-state index in [0.29, 0.717) is 10.6 Å². The lowest BCUT2D eigenvalue weighted by molar-refractivity contribution is -0.133. The predicted octanol–water partition coefficient (Wildman–Crippen LogP) is 3.19. The van der Waals surface area contributed by atoms with Gasteiger partial charge < -0.3 is 10.4 Å². The van der Waals surface area contributed by atoms with Gasteiger partial charge in [-0.3, -0.25) is 9.59 Å². The fourth-order valence-electron chi connectivity index (χ4n) is 2.47. The lowest BCUT2D eigenvalue weighted by atomic mass is 9.95. The third-order valence-electron chi connectivity index (χ3n) is 3.60. The molecule has 0 aliphatic carbocycles. The van der Waals surface area contributed by atoms with E-state index in [0.717, 1.165) is 0 Å². The minimum atomic E-state index is -1.04. The van der Waals surface area contributed by atoms with Crippen LogP contribution in [0.15, 0.2) is 54.1 Å². The number of ketones is 1. The lowest BCUT2D eigenvalue weighted by Crippen LogP contribution is -2.21. The molecule has 23 heavy (non-hydrogen) atoms. The summed E-state index contributed by atoms with van der Waals surface area (Å²) in [4.78, 5) is 23.8. The van der Waals surface area contributed by atoms with Gasteiger partial charge in [0.25, 0.3) is 11.7 Å². The Labute approximate surface area is 136 Å². The Morgan fingerprint density at radius 3 is 2.39 bits per heavy atom. The van der Waals surface area contributed by atoms with Gasteiger partial charge in [0.05, 0.1) is 11.6 Å². The topological polar surface area (TPSA) is 66.4 Å². The molecule has 1 aliphatic rings. The number of halogens is 2. The molecule has 0 saturated carbocycles. The van der Waals surface area contributed by atoms with E-state index in [9.17, 15) is 19.1 Å². The highest BCUT2D eigenvalue weighted by atomic mass is 35.5. The van der Waals surface area contributed by atoms with Crippen molar-refractivity contribution >= 4 is 29.1 Å². The average Bonchev–Trinajstić information content (AvgIpc) is 2.83. The molecule has 0 radical (unpaired) electrons. The molecule has 2 aromatic carbocycles. The van der Waals surface area contributed by atoms with Crippen molar-refractivity contribution in [3.63, 3.8) is 0 Å². The molecule has 1 heterocycles. The minimum absolute atomic E-state index is 0.113. The second-order valence-electron chi connectivity index (χ2n) is 5.03. The molecule has 1 saturated heterocycles. The van der Waals surface area contributed by atoms with Crippen molar-refractivity contribution in [1.82, 2.24) is 5.32 Å². The number of rotatable bonds is 2. The van der Waals surface area contributed by atoms with Crippen LogP contribution in [0.25, 0.3) is 5.76 Å². The fraction of sp³-hybridized carbons (Fsp3) is 0.0588. The molecule has 3 rings (SSSR count). The lowest BCUT2D eigenvalue weighted by Gasteiger charge is -2.14. The molecule has 4 nitrogen and oxygen atoms in total. The zero-order valence-electron chi connectivity index (χ0n) is 11.7. The predicted molar refractivity (Wildman–Crippen MR) is 83.3 cm³/mol. The van der Waals surface area contributed by atoms with Crippen molar-refractivity contribution < 1.29 is 19.1 Å². The van der Waals surface area contributed by atoms with Crippen LogP contribution in [0.3, 0.4) is 0 Å². The summed E-state index contributed by atoms with van der Waals surface area (Å²) in [5, 5.41) is 13.3. The molecule has 0 aromatic heterocycles. The maximum Gasteiger partial charge on any atom is 0.293 e. The number of carbonyl (C=O) groups excluding carboxylic acids is 2. The number of aliphatic hydroxyl groups excluding tert-OH is 1. The van der Waals surface area contributed by atoms with E-state index in [1.54, 1.807) is 18.2 Å². The van der Waals surface area contributed by atoms with E-state index >= 15 is 0 Å². The molecule has 1 fully saturated rings. The van der Waals surface area contributed by atoms with Gasteiger partial charge in [-0.25, -0.2) is 4.39 Å². The summed E-state index contributed by atoms with van der Waals surface area (Å²) >= 11 is 5.79. The number of carbonyl (C=O) groups is 2. The maximum atomic E-state index is 14.0. The van der Waals surface area contributed by atoms with Crippen LogP contribution in [0, 0.1) is 5.82 Å². The number of hydrogen-bond donors (Lipinski definition) is 2. The molecule has 116 valence electrons. The van der Waals surface area contributed by atoms with Crippen LogP contribution >= 0.6 is 11.6 Å². The first-order chi connectivity index (χ1) is 11.0. The number of Topliss-reactive ketones (excluding diaryl/α,β-unsaturated/α-hetero) is 1. The van der Waals surface area contributed by atoms with Crippen molar-refractivity contribution in [2.75, 3.05) is 0 Å². The van der Waals surface area contributed by atoms with Crippen LogP contribution in [-0.2, 0) is 9.59 Å². The van der Waals surface area contributed by atoms with Crippen LogP contribution in [0.5, 0.6) is 0 Å². The van der Waals surface area contributed by atoms with Crippen LogP contribution < -0.4 is 5.32 Å². The molecule has 1 atom stereocenters. The van der Waals surface area contributed by atoms with Gasteiger partial charge in [0.15, 0.2) is 0 Å². The van der Waals surface area contributed by atoms with Crippen molar-refractivity contribution in [2.24, 2.45) is 0 Å². The Morgan fingerprint density at radius 2 is 1.74 bits per heavy atom. The van der Waals surface area contributed by atoms with Gasteiger partial charge in [-0.15, -0.1) is 0 Å². The van der Waals surface area contributed by atoms with Crippen molar-refractivity contribution in [2.45, 2.75) is 6.04 Å². The van der Waals surface area contributed by atoms with E-state index in [1.807, 2.05) is 0 Å². The third kappa shape index (κ3) is 2.71. The van der Waals surface area contributed by atoms with Crippen molar-refractivity contribution in [3.05, 3.63) is 76.1 Å². The Balaban J connectivity index is 2.15. The summed E-state index contributed by atoms with van der Waals surface area (Å²) in [6.07, 6.45) is 0. The van der Waals surface area contributed by atoms with E-state index < -0.39 is 23.5 Å². The smallest absolute Gasteiger partial charge is 0.293 e. The van der Waals surface area contributed by atoms with Gasteiger partial charge in [-0.1, -0.05) is 29.8 Å². The monoisotopic (exact) mass is 331 g/mol. The molecule has 1 amide bonds. The Kier molecular flexibility index (Phi) is 3.88. The van der Waals surface area contributed by atoms with Gasteiger partial charge in [0.1, 0.15) is 11.6 Å². The first-order valence-corrected chi connectivity index (χ1v) is 7.15. The molecular weight excluding hydrogens is 321 g/mol. The molecular formula is C17H11ClFNO3. The normalized spacial score (nSPS) is 19.7. The van der Waals surface area contributed by atoms with E-state index in [-0.39, 0.29) is 16.9 Å². The zero-order chi connectivity index (χ0) is 16.6. The van der Waals surface area contributed by atoms with Crippen molar-refractivity contribution in [1.29, 1.82) is 0 Å². The van der Waals surface area contributed by atoms with Crippen LogP contribution in [-0.4, -0.2) is 16.8 Å². The van der Waals surface area contributed by atoms with E-state index in [2.05, 4.69) is 5.32 Å². The molecule has 0 unspecified atom stereocenters. The van der Waals surface area contributed by atoms with Gasteiger partial charge in [0.2, 0.25) is 0 Å². The number of hydrogen-bond acceptors (Lipinski definition) is 3. The van der Waals surface area contributed by atoms with Gasteiger partial charge in [-0.2, -0.15) is 0 Å². The number of amides is 1. The highest BCUT2D eigenvalue weighted by molar-refractivity contribution is 6.46. The summed E-state index contributed by atoms with van der Waals surface area (Å²) in [6, 6.07) is 10.8. The summed E-state index contributed by atoms with van der Waals surface area (Å²) in [5.41, 5.74) is 0.250. The molecule has 2 aromatic rings. The Hall–Kier alpha value is -2.66.